The fourth-order valence-electron chi connectivity index (χ4n) is 3.73. The zero-order valence-corrected chi connectivity index (χ0v) is 15.1. The summed E-state index contributed by atoms with van der Waals surface area (Å²) in [6.45, 7) is 8.52. The van der Waals surface area contributed by atoms with Crippen LogP contribution in [0.2, 0.25) is 0 Å². The summed E-state index contributed by atoms with van der Waals surface area (Å²) in [5.41, 5.74) is 3.63. The standard InChI is InChI=1S/C19H27N3O2/c1-13-8-17(9-14(2)20-13)10-16-6-5-7-22(12-16)15(3)18-11-19(23-4)21-24-18/h8-9,11,15-16H,5-7,10,12H2,1-4H3/t15?,16-/m1/s1. The fraction of sp³-hybridized carbons (Fsp3) is 0.579. The van der Waals surface area contributed by atoms with Gasteiger partial charge >= 0.3 is 0 Å². The Morgan fingerprint density at radius 2 is 2.04 bits per heavy atom. The van der Waals surface area contributed by atoms with E-state index in [0.717, 1.165) is 36.7 Å². The first kappa shape index (κ1) is 17.0. The first-order chi connectivity index (χ1) is 11.5. The van der Waals surface area contributed by atoms with Crippen molar-refractivity contribution in [2.45, 2.75) is 46.1 Å². The van der Waals surface area contributed by atoms with Gasteiger partial charge in [-0.15, -0.1) is 0 Å². The number of aromatic nitrogens is 2. The second-order valence-electron chi connectivity index (χ2n) is 6.91. The van der Waals surface area contributed by atoms with Crippen LogP contribution in [0.25, 0.3) is 0 Å². The van der Waals surface area contributed by atoms with Gasteiger partial charge in [-0.1, -0.05) is 0 Å². The van der Waals surface area contributed by atoms with Gasteiger partial charge in [-0.3, -0.25) is 9.88 Å². The molecule has 0 amide bonds. The molecule has 0 saturated carbocycles. The number of hydrogen-bond donors (Lipinski definition) is 0. The molecule has 0 spiro atoms. The van der Waals surface area contributed by atoms with Crippen molar-refractivity contribution in [1.82, 2.24) is 15.0 Å². The molecule has 0 aromatic carbocycles. The highest BCUT2D eigenvalue weighted by molar-refractivity contribution is 5.21. The Morgan fingerprint density at radius 3 is 2.71 bits per heavy atom. The highest BCUT2D eigenvalue weighted by atomic mass is 16.5. The molecule has 0 aliphatic carbocycles. The number of piperidine rings is 1. The lowest BCUT2D eigenvalue weighted by Crippen LogP contribution is -2.37. The van der Waals surface area contributed by atoms with Gasteiger partial charge in [0.05, 0.1) is 13.2 Å². The molecule has 2 aromatic heterocycles. The molecule has 1 unspecified atom stereocenters. The van der Waals surface area contributed by atoms with E-state index >= 15 is 0 Å². The Hall–Kier alpha value is -1.88. The summed E-state index contributed by atoms with van der Waals surface area (Å²) in [5, 5.41) is 3.93. The molecule has 130 valence electrons. The van der Waals surface area contributed by atoms with Crippen molar-refractivity contribution >= 4 is 0 Å². The molecule has 0 radical (unpaired) electrons. The number of ether oxygens (including phenoxy) is 1. The molecule has 1 aliphatic rings. The molecule has 1 saturated heterocycles. The van der Waals surface area contributed by atoms with Crippen molar-refractivity contribution in [2.24, 2.45) is 5.92 Å². The van der Waals surface area contributed by atoms with Crippen LogP contribution >= 0.6 is 0 Å². The molecule has 3 rings (SSSR count). The van der Waals surface area contributed by atoms with Gasteiger partial charge in [0.1, 0.15) is 0 Å². The van der Waals surface area contributed by atoms with Gasteiger partial charge in [-0.25, -0.2) is 0 Å². The van der Waals surface area contributed by atoms with E-state index in [1.165, 1.54) is 18.4 Å². The molecule has 1 fully saturated rings. The monoisotopic (exact) mass is 329 g/mol. The third-order valence-electron chi connectivity index (χ3n) is 4.89. The van der Waals surface area contributed by atoms with Crippen LogP contribution in [0.3, 0.4) is 0 Å². The van der Waals surface area contributed by atoms with Crippen LogP contribution in [0.15, 0.2) is 22.7 Å². The normalized spacial score (nSPS) is 20.1. The number of nitrogens with zero attached hydrogens (tertiary/aromatic N) is 3. The van der Waals surface area contributed by atoms with Crippen molar-refractivity contribution in [1.29, 1.82) is 0 Å². The summed E-state index contributed by atoms with van der Waals surface area (Å²) in [4.78, 5) is 6.97. The molecule has 2 aromatic rings. The van der Waals surface area contributed by atoms with E-state index in [0.29, 0.717) is 11.8 Å². The summed E-state index contributed by atoms with van der Waals surface area (Å²) in [5.74, 6) is 2.10. The molecule has 0 bridgehead atoms. The van der Waals surface area contributed by atoms with Crippen LogP contribution < -0.4 is 4.74 Å². The topological polar surface area (TPSA) is 51.4 Å². The van der Waals surface area contributed by atoms with Crippen molar-refractivity contribution in [3.8, 4) is 5.88 Å². The average molecular weight is 329 g/mol. The van der Waals surface area contributed by atoms with E-state index < -0.39 is 0 Å². The van der Waals surface area contributed by atoms with Crippen LogP contribution in [0.4, 0.5) is 0 Å². The second kappa shape index (κ2) is 7.34. The minimum absolute atomic E-state index is 0.227. The number of aryl methyl sites for hydroxylation is 2. The highest BCUT2D eigenvalue weighted by Crippen LogP contribution is 2.29. The summed E-state index contributed by atoms with van der Waals surface area (Å²) in [6.07, 6.45) is 3.62. The predicted octanol–water partition coefficient (Wildman–Crippen LogP) is 3.71. The average Bonchev–Trinajstić information content (AvgIpc) is 3.02. The molecule has 0 N–H and O–H groups in total. The minimum Gasteiger partial charge on any atom is -0.479 e. The van der Waals surface area contributed by atoms with Crippen LogP contribution in [-0.2, 0) is 6.42 Å². The number of pyridine rings is 1. The Labute approximate surface area is 144 Å². The smallest absolute Gasteiger partial charge is 0.254 e. The maximum absolute atomic E-state index is 5.43. The van der Waals surface area contributed by atoms with Gasteiger partial charge in [-0.2, -0.15) is 0 Å². The largest absolute Gasteiger partial charge is 0.479 e. The fourth-order valence-corrected chi connectivity index (χ4v) is 3.73. The first-order valence-electron chi connectivity index (χ1n) is 8.74. The maximum atomic E-state index is 5.43. The molecule has 1 aliphatic heterocycles. The molecular weight excluding hydrogens is 302 g/mol. The Balaban J connectivity index is 1.65. The molecule has 5 heteroatoms. The number of hydrogen-bond acceptors (Lipinski definition) is 5. The second-order valence-corrected chi connectivity index (χ2v) is 6.91. The zero-order valence-electron chi connectivity index (χ0n) is 15.1. The van der Waals surface area contributed by atoms with Crippen molar-refractivity contribution in [3.05, 3.63) is 40.9 Å². The summed E-state index contributed by atoms with van der Waals surface area (Å²) < 4.78 is 10.6. The quantitative estimate of drug-likeness (QED) is 0.837. The zero-order chi connectivity index (χ0) is 17.1. The van der Waals surface area contributed by atoms with Gasteiger partial charge in [0.2, 0.25) is 0 Å². The minimum atomic E-state index is 0.227. The molecule has 3 heterocycles. The molecule has 5 nitrogen and oxygen atoms in total. The summed E-state index contributed by atoms with van der Waals surface area (Å²) in [7, 11) is 1.61. The molecule has 2 atom stereocenters. The first-order valence-corrected chi connectivity index (χ1v) is 8.74. The van der Waals surface area contributed by atoms with E-state index in [2.05, 4.69) is 47.9 Å². The van der Waals surface area contributed by atoms with Crippen LogP contribution in [0.1, 0.15) is 48.5 Å². The van der Waals surface area contributed by atoms with Gasteiger partial charge in [0.15, 0.2) is 5.76 Å². The lowest BCUT2D eigenvalue weighted by Gasteiger charge is -2.36. The number of methoxy groups -OCH3 is 1. The van der Waals surface area contributed by atoms with E-state index in [1.807, 2.05) is 6.07 Å². The summed E-state index contributed by atoms with van der Waals surface area (Å²) in [6, 6.07) is 6.56. The Kier molecular flexibility index (Phi) is 5.19. The third-order valence-corrected chi connectivity index (χ3v) is 4.89. The molecular formula is C19H27N3O2. The lowest BCUT2D eigenvalue weighted by atomic mass is 9.90. The molecule has 24 heavy (non-hydrogen) atoms. The lowest BCUT2D eigenvalue weighted by molar-refractivity contribution is 0.114. The van der Waals surface area contributed by atoms with Crippen LogP contribution in [-0.4, -0.2) is 35.2 Å². The van der Waals surface area contributed by atoms with Crippen molar-refractivity contribution in [2.75, 3.05) is 20.2 Å². The van der Waals surface area contributed by atoms with Crippen LogP contribution in [0, 0.1) is 19.8 Å². The van der Waals surface area contributed by atoms with Gasteiger partial charge in [0.25, 0.3) is 5.88 Å². The van der Waals surface area contributed by atoms with E-state index in [-0.39, 0.29) is 6.04 Å². The Bertz CT molecular complexity index is 663. The third kappa shape index (κ3) is 3.96. The van der Waals surface area contributed by atoms with Gasteiger partial charge < -0.3 is 9.26 Å². The van der Waals surface area contributed by atoms with Crippen molar-refractivity contribution < 1.29 is 9.26 Å². The predicted molar refractivity (Wildman–Crippen MR) is 93.2 cm³/mol. The Morgan fingerprint density at radius 1 is 1.29 bits per heavy atom. The van der Waals surface area contributed by atoms with Crippen molar-refractivity contribution in [3.63, 3.8) is 0 Å². The van der Waals surface area contributed by atoms with Gasteiger partial charge in [0, 0.05) is 24.0 Å². The number of rotatable bonds is 5. The van der Waals surface area contributed by atoms with E-state index in [1.54, 1.807) is 7.11 Å². The number of likely N-dealkylation sites (tertiary alicyclic amines) is 1. The SMILES string of the molecule is COc1cc(C(C)N2CCC[C@H](Cc3cc(C)nc(C)c3)C2)on1. The summed E-state index contributed by atoms with van der Waals surface area (Å²) >= 11 is 0. The van der Waals surface area contributed by atoms with Gasteiger partial charge in [-0.05, 0) is 75.3 Å². The van der Waals surface area contributed by atoms with E-state index in [9.17, 15) is 0 Å². The maximum Gasteiger partial charge on any atom is 0.254 e. The highest BCUT2D eigenvalue weighted by Gasteiger charge is 2.27. The van der Waals surface area contributed by atoms with E-state index in [4.69, 9.17) is 9.26 Å². The van der Waals surface area contributed by atoms with Crippen LogP contribution in [0.5, 0.6) is 5.88 Å².